The minimum atomic E-state index is -4.68. The van der Waals surface area contributed by atoms with Crippen molar-refractivity contribution in [2.45, 2.75) is 12.2 Å². The van der Waals surface area contributed by atoms with Crippen LogP contribution in [0.15, 0.2) is 0 Å². The van der Waals surface area contributed by atoms with Gasteiger partial charge in [0.1, 0.15) is 6.04 Å². The molecule has 13 heavy (non-hydrogen) atoms. The van der Waals surface area contributed by atoms with Crippen molar-refractivity contribution in [1.82, 2.24) is 4.31 Å². The quantitative estimate of drug-likeness (QED) is 0.714. The van der Waals surface area contributed by atoms with E-state index in [0.29, 0.717) is 4.31 Å². The number of hydrogen-bond donors (Lipinski definition) is 1. The molecule has 80 valence electrons. The van der Waals surface area contributed by atoms with Crippen LogP contribution in [0.4, 0.5) is 13.2 Å². The van der Waals surface area contributed by atoms with Crippen molar-refractivity contribution in [3.05, 3.63) is 0 Å². The molecule has 1 atom stereocenters. The van der Waals surface area contributed by atoms with Crippen LogP contribution >= 0.6 is 0 Å². The van der Waals surface area contributed by atoms with Crippen LogP contribution in [-0.2, 0) is 10.0 Å². The van der Waals surface area contributed by atoms with Crippen LogP contribution in [0.5, 0.6) is 0 Å². The number of rotatable bonds is 3. The lowest BCUT2D eigenvalue weighted by Crippen LogP contribution is -2.45. The molecule has 0 heterocycles. The van der Waals surface area contributed by atoms with E-state index in [2.05, 4.69) is 5.73 Å². The van der Waals surface area contributed by atoms with Crippen LogP contribution in [-0.4, -0.2) is 44.8 Å². The average Bonchev–Trinajstić information content (AvgIpc) is 1.83. The fourth-order valence-corrected chi connectivity index (χ4v) is 1.41. The lowest BCUT2D eigenvalue weighted by molar-refractivity contribution is -0.142. The molecular weight excluding hydrogens is 209 g/mol. The van der Waals surface area contributed by atoms with E-state index in [9.17, 15) is 21.6 Å². The lowest BCUT2D eigenvalue weighted by atomic mass is 10.4. The third kappa shape index (κ3) is 3.92. The topological polar surface area (TPSA) is 63.4 Å². The van der Waals surface area contributed by atoms with Crippen molar-refractivity contribution in [3.63, 3.8) is 0 Å². The Bertz CT molecular complexity index is 259. The molecule has 0 spiro atoms. The fraction of sp³-hybridized carbons (Fsp3) is 1.00. The Kier molecular flexibility index (Phi) is 3.71. The van der Waals surface area contributed by atoms with Gasteiger partial charge < -0.3 is 5.73 Å². The van der Waals surface area contributed by atoms with Crippen LogP contribution < -0.4 is 5.73 Å². The van der Waals surface area contributed by atoms with Crippen molar-refractivity contribution in [2.75, 3.05) is 19.8 Å². The molecular formula is C5H11F3N2O2S. The second-order valence-corrected chi connectivity index (χ2v) is 4.94. The molecule has 0 aliphatic carbocycles. The van der Waals surface area contributed by atoms with Crippen molar-refractivity contribution in [1.29, 1.82) is 0 Å². The van der Waals surface area contributed by atoms with Gasteiger partial charge in [-0.05, 0) is 0 Å². The highest BCUT2D eigenvalue weighted by Gasteiger charge is 2.40. The van der Waals surface area contributed by atoms with Crippen LogP contribution in [0.3, 0.4) is 0 Å². The molecule has 4 nitrogen and oxygen atoms in total. The number of sulfonamides is 1. The third-order valence-electron chi connectivity index (χ3n) is 1.37. The summed E-state index contributed by atoms with van der Waals surface area (Å²) in [6.07, 6.45) is -4.68. The smallest absolute Gasteiger partial charge is 0.319 e. The molecule has 0 rings (SSSR count). The Balaban J connectivity index is 4.48. The summed E-state index contributed by atoms with van der Waals surface area (Å²) in [6, 6.07) is -2.33. The first-order valence-corrected chi connectivity index (χ1v) is 4.91. The predicted molar refractivity (Wildman–Crippen MR) is 41.5 cm³/mol. The van der Waals surface area contributed by atoms with Gasteiger partial charge in [0.15, 0.2) is 0 Å². The molecule has 0 aromatic heterocycles. The average molecular weight is 220 g/mol. The second kappa shape index (κ2) is 3.81. The Morgan fingerprint density at radius 2 is 1.77 bits per heavy atom. The first-order chi connectivity index (χ1) is 5.57. The van der Waals surface area contributed by atoms with Gasteiger partial charge in [0, 0.05) is 14.1 Å². The Labute approximate surface area is 74.6 Å². The van der Waals surface area contributed by atoms with E-state index in [4.69, 9.17) is 0 Å². The maximum absolute atomic E-state index is 11.8. The molecule has 0 aliphatic rings. The maximum Gasteiger partial charge on any atom is 0.404 e. The Hall–Kier alpha value is -0.340. The minimum absolute atomic E-state index is 0.707. The highest BCUT2D eigenvalue weighted by atomic mass is 32.2. The van der Waals surface area contributed by atoms with Gasteiger partial charge in [-0.2, -0.15) is 13.2 Å². The third-order valence-corrected chi connectivity index (χ3v) is 3.26. The van der Waals surface area contributed by atoms with E-state index in [0.717, 1.165) is 14.1 Å². The second-order valence-electron chi connectivity index (χ2n) is 2.71. The summed E-state index contributed by atoms with van der Waals surface area (Å²) in [7, 11) is -1.59. The van der Waals surface area contributed by atoms with Gasteiger partial charge in [-0.15, -0.1) is 0 Å². The number of nitrogens with zero attached hydrogens (tertiary/aromatic N) is 1. The zero-order valence-corrected chi connectivity index (χ0v) is 7.98. The molecule has 0 aliphatic heterocycles. The largest absolute Gasteiger partial charge is 0.404 e. The summed E-state index contributed by atoms with van der Waals surface area (Å²) in [5, 5.41) is 0. The first-order valence-electron chi connectivity index (χ1n) is 3.30. The monoisotopic (exact) mass is 220 g/mol. The van der Waals surface area contributed by atoms with Gasteiger partial charge in [-0.1, -0.05) is 0 Å². The van der Waals surface area contributed by atoms with Gasteiger partial charge >= 0.3 is 6.18 Å². The highest BCUT2D eigenvalue weighted by molar-refractivity contribution is 7.89. The highest BCUT2D eigenvalue weighted by Crippen LogP contribution is 2.19. The van der Waals surface area contributed by atoms with Crippen molar-refractivity contribution in [3.8, 4) is 0 Å². The molecule has 0 saturated heterocycles. The molecule has 0 saturated carbocycles. The lowest BCUT2D eigenvalue weighted by Gasteiger charge is -2.18. The minimum Gasteiger partial charge on any atom is -0.319 e. The van der Waals surface area contributed by atoms with Crippen LogP contribution in [0.25, 0.3) is 0 Å². The zero-order valence-electron chi connectivity index (χ0n) is 7.17. The van der Waals surface area contributed by atoms with Crippen LogP contribution in [0.2, 0.25) is 0 Å². The number of hydrogen-bond acceptors (Lipinski definition) is 3. The molecule has 0 amide bonds. The summed E-state index contributed by atoms with van der Waals surface area (Å²) in [6.45, 7) is 0. The SMILES string of the molecule is CN(C)S(=O)(=O)C[C@@H](N)C(F)(F)F. The van der Waals surface area contributed by atoms with Gasteiger partial charge in [0.2, 0.25) is 10.0 Å². The van der Waals surface area contributed by atoms with Crippen molar-refractivity contribution < 1.29 is 21.6 Å². The molecule has 0 fully saturated rings. The van der Waals surface area contributed by atoms with Crippen molar-refractivity contribution >= 4 is 10.0 Å². The van der Waals surface area contributed by atoms with Gasteiger partial charge in [0.05, 0.1) is 5.75 Å². The first kappa shape index (κ1) is 12.7. The van der Waals surface area contributed by atoms with Gasteiger partial charge in [-0.3, -0.25) is 0 Å². The van der Waals surface area contributed by atoms with E-state index in [1.165, 1.54) is 0 Å². The summed E-state index contributed by atoms with van der Waals surface area (Å²) >= 11 is 0. The zero-order chi connectivity index (χ0) is 10.9. The molecule has 0 aromatic rings. The molecule has 2 N–H and O–H groups in total. The van der Waals surface area contributed by atoms with E-state index in [1.54, 1.807) is 0 Å². The number of nitrogens with two attached hydrogens (primary N) is 1. The van der Waals surface area contributed by atoms with E-state index >= 15 is 0 Å². The van der Waals surface area contributed by atoms with Crippen LogP contribution in [0.1, 0.15) is 0 Å². The van der Waals surface area contributed by atoms with E-state index in [-0.39, 0.29) is 0 Å². The Morgan fingerprint density at radius 3 is 2.00 bits per heavy atom. The predicted octanol–water partition coefficient (Wildman–Crippen LogP) is -0.233. The number of halogens is 3. The molecule has 0 unspecified atom stereocenters. The summed E-state index contributed by atoms with van der Waals surface area (Å²) in [5.41, 5.74) is 4.64. The van der Waals surface area contributed by atoms with Crippen LogP contribution in [0, 0.1) is 0 Å². The fourth-order valence-electron chi connectivity index (χ4n) is 0.470. The standard InChI is InChI=1S/C5H11F3N2O2S/c1-10(2)13(11,12)3-4(9)5(6,7)8/h4H,3,9H2,1-2H3/t4-/m1/s1. The van der Waals surface area contributed by atoms with E-state index < -0.39 is 28.0 Å². The van der Waals surface area contributed by atoms with Gasteiger partial charge in [0.25, 0.3) is 0 Å². The summed E-state index contributed by atoms with van der Waals surface area (Å²) in [4.78, 5) is 0. The summed E-state index contributed by atoms with van der Waals surface area (Å²) in [5.74, 6) is -1.12. The molecule has 8 heteroatoms. The summed E-state index contributed by atoms with van der Waals surface area (Å²) < 4.78 is 58.1. The van der Waals surface area contributed by atoms with Crippen molar-refractivity contribution in [2.24, 2.45) is 5.73 Å². The molecule has 0 aromatic carbocycles. The maximum atomic E-state index is 11.8. The molecule has 0 radical (unpaired) electrons. The van der Waals surface area contributed by atoms with Gasteiger partial charge in [-0.25, -0.2) is 12.7 Å². The normalized spacial score (nSPS) is 16.2. The van der Waals surface area contributed by atoms with E-state index in [1.807, 2.05) is 0 Å². The molecule has 0 bridgehead atoms. The Morgan fingerprint density at radius 1 is 1.38 bits per heavy atom. The number of alkyl halides is 3.